The van der Waals surface area contributed by atoms with Crippen molar-refractivity contribution in [2.75, 3.05) is 20.8 Å². The third kappa shape index (κ3) is 4.54. The van der Waals surface area contributed by atoms with Crippen LogP contribution in [0.25, 0.3) is 10.2 Å². The van der Waals surface area contributed by atoms with Crippen molar-refractivity contribution in [3.63, 3.8) is 0 Å². The predicted octanol–water partition coefficient (Wildman–Crippen LogP) is 3.59. The lowest BCUT2D eigenvalue weighted by Gasteiger charge is -2.08. The third-order valence-electron chi connectivity index (χ3n) is 4.58. The van der Waals surface area contributed by atoms with Crippen LogP contribution in [0.2, 0.25) is 0 Å². The molecule has 0 aliphatic carbocycles. The van der Waals surface area contributed by atoms with Gasteiger partial charge in [-0.3, -0.25) is 9.59 Å². The van der Waals surface area contributed by atoms with Gasteiger partial charge in [0.1, 0.15) is 6.54 Å². The second-order valence-corrected chi connectivity index (χ2v) is 7.43. The molecule has 0 aliphatic rings. The summed E-state index contributed by atoms with van der Waals surface area (Å²) in [6.07, 6.45) is 0.892. The van der Waals surface area contributed by atoms with E-state index in [1.165, 1.54) is 31.1 Å². The minimum absolute atomic E-state index is 0.0165. The van der Waals surface area contributed by atoms with Gasteiger partial charge in [-0.15, -0.1) is 0 Å². The maximum absolute atomic E-state index is 12.9. The van der Waals surface area contributed by atoms with Crippen LogP contribution in [0.1, 0.15) is 29.8 Å². The number of rotatable bonds is 7. The largest absolute Gasteiger partial charge is 0.493 e. The maximum Gasteiger partial charge on any atom is 0.326 e. The number of methoxy groups -OCH3 is 2. The minimum Gasteiger partial charge on any atom is -0.493 e. The molecule has 0 spiro atoms. The van der Waals surface area contributed by atoms with E-state index in [-0.39, 0.29) is 12.5 Å². The number of esters is 1. The van der Waals surface area contributed by atoms with Crippen LogP contribution in [0.4, 0.5) is 0 Å². The highest BCUT2D eigenvalue weighted by Gasteiger charge is 2.14. The normalized spacial score (nSPS) is 11.5. The lowest BCUT2D eigenvalue weighted by molar-refractivity contribution is -0.143. The predicted molar refractivity (Wildman–Crippen MR) is 115 cm³/mol. The molecule has 7 nitrogen and oxygen atoms in total. The van der Waals surface area contributed by atoms with E-state index in [4.69, 9.17) is 14.2 Å². The lowest BCUT2D eigenvalue weighted by Crippen LogP contribution is -2.23. The minimum atomic E-state index is -0.434. The Morgan fingerprint density at radius 2 is 1.80 bits per heavy atom. The Labute approximate surface area is 178 Å². The van der Waals surface area contributed by atoms with Crippen LogP contribution in [0, 0.1) is 0 Å². The lowest BCUT2D eigenvalue weighted by atomic mass is 10.2. The van der Waals surface area contributed by atoms with E-state index < -0.39 is 5.91 Å². The van der Waals surface area contributed by atoms with Gasteiger partial charge < -0.3 is 18.8 Å². The molecule has 2 aromatic carbocycles. The van der Waals surface area contributed by atoms with E-state index in [1.54, 1.807) is 29.7 Å². The maximum atomic E-state index is 12.9. The van der Waals surface area contributed by atoms with Gasteiger partial charge in [-0.05, 0) is 49.2 Å². The van der Waals surface area contributed by atoms with Gasteiger partial charge in [-0.1, -0.05) is 24.3 Å². The van der Waals surface area contributed by atoms with E-state index in [0.717, 1.165) is 16.6 Å². The van der Waals surface area contributed by atoms with Gasteiger partial charge in [0.25, 0.3) is 5.91 Å². The number of hydrogen-bond donors (Lipinski definition) is 0. The third-order valence-corrected chi connectivity index (χ3v) is 5.62. The smallest absolute Gasteiger partial charge is 0.326 e. The van der Waals surface area contributed by atoms with Crippen molar-refractivity contribution in [1.82, 2.24) is 4.57 Å². The Morgan fingerprint density at radius 1 is 1.03 bits per heavy atom. The summed E-state index contributed by atoms with van der Waals surface area (Å²) >= 11 is 1.37. The Hall–Kier alpha value is -3.13. The Balaban J connectivity index is 2.09. The molecule has 8 heteroatoms. The molecule has 0 bridgehead atoms. The summed E-state index contributed by atoms with van der Waals surface area (Å²) in [7, 11) is 3.04. The topological polar surface area (TPSA) is 79.1 Å². The number of fused-ring (bicyclic) bond motifs is 1. The molecule has 0 saturated carbocycles. The number of hydrogen-bond acceptors (Lipinski definition) is 6. The van der Waals surface area contributed by atoms with Crippen molar-refractivity contribution in [2.24, 2.45) is 4.99 Å². The van der Waals surface area contributed by atoms with Gasteiger partial charge in [0.2, 0.25) is 0 Å². The van der Waals surface area contributed by atoms with Crippen molar-refractivity contribution >= 4 is 33.4 Å². The number of carbonyl (C=O) groups excluding carboxylic acids is 2. The summed E-state index contributed by atoms with van der Waals surface area (Å²) in [6.45, 7) is 4.11. The molecule has 3 aromatic rings. The van der Waals surface area contributed by atoms with E-state index >= 15 is 0 Å². The molecule has 0 fully saturated rings. The first-order valence-corrected chi connectivity index (χ1v) is 10.4. The van der Waals surface area contributed by atoms with Crippen LogP contribution >= 0.6 is 11.3 Å². The first-order chi connectivity index (χ1) is 14.5. The van der Waals surface area contributed by atoms with Gasteiger partial charge in [0.05, 0.1) is 31.0 Å². The van der Waals surface area contributed by atoms with Gasteiger partial charge in [0.15, 0.2) is 16.3 Å². The number of thiazole rings is 1. The average Bonchev–Trinajstić information content (AvgIpc) is 3.09. The molecule has 1 aromatic heterocycles. The number of nitrogens with zero attached hydrogens (tertiary/aromatic N) is 2. The van der Waals surface area contributed by atoms with Crippen molar-refractivity contribution in [3.8, 4) is 11.5 Å². The molecule has 0 radical (unpaired) electrons. The molecular formula is C22H24N2O5S. The van der Waals surface area contributed by atoms with Crippen LogP contribution in [0.3, 0.4) is 0 Å². The number of benzene rings is 2. The fourth-order valence-electron chi connectivity index (χ4n) is 3.03. The first kappa shape index (κ1) is 21.6. The molecule has 158 valence electrons. The zero-order valence-electron chi connectivity index (χ0n) is 17.4. The van der Waals surface area contributed by atoms with Crippen LogP contribution in [-0.4, -0.2) is 37.3 Å². The zero-order chi connectivity index (χ0) is 21.7. The van der Waals surface area contributed by atoms with Crippen LogP contribution < -0.4 is 14.3 Å². The second-order valence-electron chi connectivity index (χ2n) is 6.42. The monoisotopic (exact) mass is 428 g/mol. The number of ether oxygens (including phenoxy) is 3. The summed E-state index contributed by atoms with van der Waals surface area (Å²) < 4.78 is 18.3. The standard InChI is InChI=1S/C22H24N2O5S/c1-5-14-7-9-16-19(11-14)30-22(24(16)13-20(25)29-6-2)23-21(26)15-8-10-17(27-3)18(12-15)28-4/h7-12H,5-6,13H2,1-4H3. The van der Waals surface area contributed by atoms with Crippen LogP contribution in [-0.2, 0) is 22.5 Å². The molecular weight excluding hydrogens is 404 g/mol. The fourth-order valence-corrected chi connectivity index (χ4v) is 4.12. The van der Waals surface area contributed by atoms with Crippen molar-refractivity contribution in [2.45, 2.75) is 26.8 Å². The number of amides is 1. The molecule has 1 amide bonds. The fraction of sp³-hybridized carbons (Fsp3) is 0.318. The molecule has 1 heterocycles. The van der Waals surface area contributed by atoms with Crippen LogP contribution in [0.15, 0.2) is 41.4 Å². The SMILES string of the molecule is CCOC(=O)Cn1c(=NC(=O)c2ccc(OC)c(OC)c2)sc2cc(CC)ccc21. The highest BCUT2D eigenvalue weighted by atomic mass is 32.1. The number of aromatic nitrogens is 1. The molecule has 0 atom stereocenters. The summed E-state index contributed by atoms with van der Waals surface area (Å²) in [5, 5.41) is 0. The molecule has 0 saturated heterocycles. The van der Waals surface area contributed by atoms with Gasteiger partial charge in [-0.25, -0.2) is 0 Å². The second kappa shape index (κ2) is 9.58. The first-order valence-electron chi connectivity index (χ1n) is 9.59. The molecule has 0 aliphatic heterocycles. The van der Waals surface area contributed by atoms with Gasteiger partial charge >= 0.3 is 5.97 Å². The van der Waals surface area contributed by atoms with Gasteiger partial charge in [0, 0.05) is 5.56 Å². The summed E-state index contributed by atoms with van der Waals surface area (Å²) in [5.41, 5.74) is 2.37. The summed E-state index contributed by atoms with van der Waals surface area (Å²) in [6, 6.07) is 10.9. The molecule has 3 rings (SSSR count). The van der Waals surface area contributed by atoms with Crippen molar-refractivity contribution < 1.29 is 23.8 Å². The van der Waals surface area contributed by atoms with Gasteiger partial charge in [-0.2, -0.15) is 4.99 Å². The number of carbonyl (C=O) groups is 2. The zero-order valence-corrected chi connectivity index (χ0v) is 18.2. The molecule has 0 N–H and O–H groups in total. The summed E-state index contributed by atoms with van der Waals surface area (Å²) in [4.78, 5) is 29.7. The van der Waals surface area contributed by atoms with Crippen molar-refractivity contribution in [3.05, 3.63) is 52.3 Å². The Morgan fingerprint density at radius 3 is 2.47 bits per heavy atom. The highest BCUT2D eigenvalue weighted by molar-refractivity contribution is 7.16. The van der Waals surface area contributed by atoms with E-state index in [1.807, 2.05) is 12.1 Å². The molecule has 0 unspecified atom stereocenters. The average molecular weight is 429 g/mol. The highest BCUT2D eigenvalue weighted by Crippen LogP contribution is 2.28. The molecule has 30 heavy (non-hydrogen) atoms. The van der Waals surface area contributed by atoms with E-state index in [9.17, 15) is 9.59 Å². The quantitative estimate of drug-likeness (QED) is 0.538. The van der Waals surface area contributed by atoms with Crippen LogP contribution in [0.5, 0.6) is 11.5 Å². The van der Waals surface area contributed by atoms with E-state index in [2.05, 4.69) is 18.0 Å². The van der Waals surface area contributed by atoms with Crippen molar-refractivity contribution in [1.29, 1.82) is 0 Å². The summed E-state index contributed by atoms with van der Waals surface area (Å²) in [5.74, 6) is 0.162. The number of aryl methyl sites for hydroxylation is 1. The Bertz CT molecular complexity index is 1150. The Kier molecular flexibility index (Phi) is 6.89. The van der Waals surface area contributed by atoms with E-state index in [0.29, 0.717) is 28.5 Å².